The monoisotopic (exact) mass is 402 g/mol. The van der Waals surface area contributed by atoms with Crippen LogP contribution in [-0.4, -0.2) is 45.7 Å². The minimum atomic E-state index is -0.195. The molecule has 0 saturated heterocycles. The molecule has 29 heavy (non-hydrogen) atoms. The molecule has 8 heteroatoms. The largest absolute Gasteiger partial charge is 0.497 e. The fourth-order valence-electron chi connectivity index (χ4n) is 2.67. The molecule has 1 aromatic carbocycles. The fraction of sp³-hybridized carbons (Fsp3) is 0.429. The molecule has 0 spiro atoms. The van der Waals surface area contributed by atoms with E-state index in [4.69, 9.17) is 13.9 Å². The number of aryl methyl sites for hydroxylation is 1. The molecule has 0 aliphatic heterocycles. The Hall–Kier alpha value is -3.16. The van der Waals surface area contributed by atoms with E-state index in [9.17, 15) is 4.79 Å². The number of amides is 1. The lowest BCUT2D eigenvalue weighted by molar-refractivity contribution is 0.0925. The molecule has 1 aromatic heterocycles. The number of ether oxygens (including phenoxy) is 2. The van der Waals surface area contributed by atoms with Gasteiger partial charge in [0.05, 0.1) is 27.0 Å². The second-order valence-electron chi connectivity index (χ2n) is 6.34. The van der Waals surface area contributed by atoms with Crippen LogP contribution in [0.4, 0.5) is 0 Å². The molecule has 0 aliphatic carbocycles. The summed E-state index contributed by atoms with van der Waals surface area (Å²) in [6.45, 7) is 6.28. The third-order valence-corrected chi connectivity index (χ3v) is 4.25. The number of nitrogens with one attached hydrogen (secondary N) is 3. The van der Waals surface area contributed by atoms with Gasteiger partial charge in [-0.1, -0.05) is 0 Å². The Kier molecular flexibility index (Phi) is 8.88. The van der Waals surface area contributed by atoms with E-state index in [1.807, 2.05) is 32.0 Å². The minimum absolute atomic E-state index is 0.195. The minimum Gasteiger partial charge on any atom is -0.497 e. The number of aliphatic imine (C=N–C) groups is 1. The van der Waals surface area contributed by atoms with Crippen LogP contribution in [0, 0.1) is 6.92 Å². The van der Waals surface area contributed by atoms with Crippen molar-refractivity contribution in [1.82, 2.24) is 16.0 Å². The van der Waals surface area contributed by atoms with E-state index in [1.54, 1.807) is 20.3 Å². The summed E-state index contributed by atoms with van der Waals surface area (Å²) in [5, 5.41) is 9.34. The Balaban J connectivity index is 1.82. The van der Waals surface area contributed by atoms with Crippen molar-refractivity contribution in [1.29, 1.82) is 0 Å². The van der Waals surface area contributed by atoms with E-state index in [2.05, 4.69) is 20.9 Å². The Morgan fingerprint density at radius 2 is 1.90 bits per heavy atom. The molecule has 0 unspecified atom stereocenters. The maximum absolute atomic E-state index is 12.0. The highest BCUT2D eigenvalue weighted by atomic mass is 16.5. The lowest BCUT2D eigenvalue weighted by atomic mass is 10.2. The molecule has 0 radical (unpaired) electrons. The topological polar surface area (TPSA) is 97.1 Å². The SMILES string of the molecule is CCNC(=NCc1ccc(OC)cc1OC)NCCCNC(=O)c1occc1C. The van der Waals surface area contributed by atoms with Gasteiger partial charge in [-0.3, -0.25) is 4.79 Å². The summed E-state index contributed by atoms with van der Waals surface area (Å²) in [5.41, 5.74) is 1.79. The summed E-state index contributed by atoms with van der Waals surface area (Å²) < 4.78 is 15.8. The van der Waals surface area contributed by atoms with Crippen molar-refractivity contribution < 1.29 is 18.7 Å². The highest BCUT2D eigenvalue weighted by molar-refractivity contribution is 5.92. The Morgan fingerprint density at radius 1 is 1.10 bits per heavy atom. The van der Waals surface area contributed by atoms with Gasteiger partial charge in [0.15, 0.2) is 11.7 Å². The summed E-state index contributed by atoms with van der Waals surface area (Å²) in [6, 6.07) is 7.44. The molecule has 0 fully saturated rings. The summed E-state index contributed by atoms with van der Waals surface area (Å²) in [4.78, 5) is 16.6. The van der Waals surface area contributed by atoms with Crippen molar-refractivity contribution in [3.63, 3.8) is 0 Å². The van der Waals surface area contributed by atoms with Gasteiger partial charge in [-0.05, 0) is 38.5 Å². The van der Waals surface area contributed by atoms with Crippen LogP contribution in [0.3, 0.4) is 0 Å². The second-order valence-corrected chi connectivity index (χ2v) is 6.34. The molecular formula is C21H30N4O4. The molecule has 0 saturated carbocycles. The van der Waals surface area contributed by atoms with E-state index in [-0.39, 0.29) is 5.91 Å². The predicted octanol–water partition coefficient (Wildman–Crippen LogP) is 2.48. The van der Waals surface area contributed by atoms with Crippen molar-refractivity contribution in [3.8, 4) is 11.5 Å². The van der Waals surface area contributed by atoms with Gasteiger partial charge in [-0.25, -0.2) is 4.99 Å². The van der Waals surface area contributed by atoms with Crippen LogP contribution in [0.25, 0.3) is 0 Å². The van der Waals surface area contributed by atoms with Gasteiger partial charge in [-0.2, -0.15) is 0 Å². The number of methoxy groups -OCH3 is 2. The summed E-state index contributed by atoms with van der Waals surface area (Å²) in [7, 11) is 3.25. The second kappa shape index (κ2) is 11.6. The number of rotatable bonds is 10. The quantitative estimate of drug-likeness (QED) is 0.321. The number of hydrogen-bond donors (Lipinski definition) is 3. The first-order valence-corrected chi connectivity index (χ1v) is 9.64. The molecule has 2 aromatic rings. The van der Waals surface area contributed by atoms with Crippen LogP contribution in [-0.2, 0) is 6.54 Å². The summed E-state index contributed by atoms with van der Waals surface area (Å²) in [6.07, 6.45) is 2.27. The molecule has 0 bridgehead atoms. The molecule has 1 amide bonds. The van der Waals surface area contributed by atoms with Crippen molar-refractivity contribution >= 4 is 11.9 Å². The molecule has 0 atom stereocenters. The van der Waals surface area contributed by atoms with Crippen LogP contribution < -0.4 is 25.4 Å². The van der Waals surface area contributed by atoms with Crippen molar-refractivity contribution in [2.75, 3.05) is 33.9 Å². The molecule has 1 heterocycles. The Bertz CT molecular complexity index is 817. The van der Waals surface area contributed by atoms with Gasteiger partial charge in [0.2, 0.25) is 0 Å². The normalized spacial score (nSPS) is 11.1. The van der Waals surface area contributed by atoms with Crippen LogP contribution in [0.1, 0.15) is 35.0 Å². The highest BCUT2D eigenvalue weighted by Crippen LogP contribution is 2.25. The number of benzene rings is 1. The van der Waals surface area contributed by atoms with E-state index in [0.717, 1.165) is 35.6 Å². The number of furan rings is 1. The van der Waals surface area contributed by atoms with E-state index in [0.29, 0.717) is 31.4 Å². The van der Waals surface area contributed by atoms with E-state index < -0.39 is 0 Å². The fourth-order valence-corrected chi connectivity index (χ4v) is 2.67. The number of nitrogens with zero attached hydrogens (tertiary/aromatic N) is 1. The van der Waals surface area contributed by atoms with E-state index in [1.165, 1.54) is 6.26 Å². The van der Waals surface area contributed by atoms with Gasteiger partial charge in [0.1, 0.15) is 11.5 Å². The number of carbonyl (C=O) groups excluding carboxylic acids is 1. The molecular weight excluding hydrogens is 372 g/mol. The standard InChI is InChI=1S/C21H30N4O4/c1-5-22-21(25-14-16-7-8-17(27-3)13-18(16)28-4)24-11-6-10-23-20(26)19-15(2)9-12-29-19/h7-9,12-13H,5-6,10-11,14H2,1-4H3,(H,23,26)(H2,22,24,25). The average Bonchev–Trinajstić information content (AvgIpc) is 3.17. The number of carbonyl (C=O) groups is 1. The lowest BCUT2D eigenvalue weighted by Gasteiger charge is -2.13. The third kappa shape index (κ3) is 6.74. The zero-order valence-corrected chi connectivity index (χ0v) is 17.5. The predicted molar refractivity (Wildman–Crippen MR) is 113 cm³/mol. The zero-order chi connectivity index (χ0) is 21.1. The third-order valence-electron chi connectivity index (χ3n) is 4.25. The maximum Gasteiger partial charge on any atom is 0.287 e. The van der Waals surface area contributed by atoms with Gasteiger partial charge >= 0.3 is 0 Å². The zero-order valence-electron chi connectivity index (χ0n) is 17.5. The summed E-state index contributed by atoms with van der Waals surface area (Å²) >= 11 is 0. The molecule has 3 N–H and O–H groups in total. The Morgan fingerprint density at radius 3 is 2.55 bits per heavy atom. The van der Waals surface area contributed by atoms with Crippen LogP contribution in [0.2, 0.25) is 0 Å². The maximum atomic E-state index is 12.0. The average molecular weight is 402 g/mol. The lowest BCUT2D eigenvalue weighted by Crippen LogP contribution is -2.38. The smallest absolute Gasteiger partial charge is 0.287 e. The van der Waals surface area contributed by atoms with Crippen molar-refractivity contribution in [2.45, 2.75) is 26.8 Å². The first-order chi connectivity index (χ1) is 14.1. The summed E-state index contributed by atoms with van der Waals surface area (Å²) in [5.74, 6) is 2.35. The van der Waals surface area contributed by atoms with Gasteiger partial charge < -0.3 is 29.8 Å². The van der Waals surface area contributed by atoms with Crippen LogP contribution >= 0.6 is 0 Å². The molecule has 2 rings (SSSR count). The van der Waals surface area contributed by atoms with Gasteiger partial charge in [0, 0.05) is 36.8 Å². The molecule has 158 valence electrons. The Labute approximate surface area is 171 Å². The van der Waals surface area contributed by atoms with E-state index >= 15 is 0 Å². The first kappa shape index (κ1) is 22.1. The molecule has 0 aliphatic rings. The highest BCUT2D eigenvalue weighted by Gasteiger charge is 2.11. The van der Waals surface area contributed by atoms with Gasteiger partial charge in [0.25, 0.3) is 5.91 Å². The van der Waals surface area contributed by atoms with Crippen LogP contribution in [0.5, 0.6) is 11.5 Å². The van der Waals surface area contributed by atoms with Crippen LogP contribution in [0.15, 0.2) is 39.9 Å². The van der Waals surface area contributed by atoms with Gasteiger partial charge in [-0.15, -0.1) is 0 Å². The first-order valence-electron chi connectivity index (χ1n) is 9.64. The van der Waals surface area contributed by atoms with Crippen molar-refractivity contribution in [3.05, 3.63) is 47.4 Å². The number of hydrogen-bond acceptors (Lipinski definition) is 5. The molecule has 8 nitrogen and oxygen atoms in total. The van der Waals surface area contributed by atoms with Crippen molar-refractivity contribution in [2.24, 2.45) is 4.99 Å². The number of guanidine groups is 1.